The van der Waals surface area contributed by atoms with Gasteiger partial charge < -0.3 is 0 Å². The maximum atomic E-state index is 4.85. The van der Waals surface area contributed by atoms with Crippen molar-refractivity contribution in [2.24, 2.45) is 5.84 Å². The Morgan fingerprint density at radius 2 is 2.33 bits per heavy atom. The molecule has 0 aliphatic carbocycles. The molecule has 0 bridgehead atoms. The van der Waals surface area contributed by atoms with E-state index in [1.165, 1.54) is 0 Å². The molecule has 6 heavy (non-hydrogen) atoms. The fraction of sp³-hybridized carbons (Fsp3) is 1.00. The monoisotopic (exact) mass is 201 g/mol. The van der Waals surface area contributed by atoms with Crippen LogP contribution in [0.3, 0.4) is 0 Å². The van der Waals surface area contributed by atoms with Crippen LogP contribution in [0, 0.1) is 0 Å². The molecule has 0 aliphatic rings. The number of halogens is 1. The number of nitrogens with two attached hydrogens (primary N) is 1. The predicted molar refractivity (Wildman–Crippen MR) is 34.2 cm³/mol. The molecule has 0 fully saturated rings. The zero-order chi connectivity index (χ0) is 4.83. The molecule has 0 radical (unpaired) electrons. The normalized spacial score (nSPS) is 9.00. The van der Waals surface area contributed by atoms with Gasteiger partial charge in [0.25, 0.3) is 0 Å². The zero-order valence-electron chi connectivity index (χ0n) is 3.37. The number of hydrazine groups is 2. The lowest BCUT2D eigenvalue weighted by atomic mass is 10.8. The molecule has 3 nitrogen and oxygen atoms in total. The summed E-state index contributed by atoms with van der Waals surface area (Å²) in [7, 11) is 0. The van der Waals surface area contributed by atoms with Crippen molar-refractivity contribution in [1.82, 2.24) is 11.0 Å². The van der Waals surface area contributed by atoms with Crippen molar-refractivity contribution in [3.05, 3.63) is 0 Å². The summed E-state index contributed by atoms with van der Waals surface area (Å²) in [5.41, 5.74) is 5.03. The number of rotatable bonds is 3. The van der Waals surface area contributed by atoms with E-state index in [1.54, 1.807) is 0 Å². The highest BCUT2D eigenvalue weighted by molar-refractivity contribution is 14.1. The van der Waals surface area contributed by atoms with E-state index in [0.717, 1.165) is 11.0 Å². The summed E-state index contributed by atoms with van der Waals surface area (Å²) in [6.45, 7) is 0.914. The van der Waals surface area contributed by atoms with Crippen LogP contribution in [-0.4, -0.2) is 11.0 Å². The Balaban J connectivity index is 2.34. The van der Waals surface area contributed by atoms with E-state index in [9.17, 15) is 0 Å². The Bertz CT molecular complexity index is 20.8. The molecule has 0 amide bonds. The first-order valence-corrected chi connectivity index (χ1v) is 3.19. The van der Waals surface area contributed by atoms with Crippen LogP contribution in [-0.2, 0) is 0 Å². The summed E-state index contributed by atoms with van der Waals surface area (Å²) in [5, 5.41) is 0. The average molecular weight is 201 g/mol. The summed E-state index contributed by atoms with van der Waals surface area (Å²) >= 11 is 2.25. The molecule has 0 saturated heterocycles. The molecule has 0 aromatic heterocycles. The Hall–Kier alpha value is 0.610. The minimum absolute atomic E-state index is 0.914. The van der Waals surface area contributed by atoms with Crippen LogP contribution in [0.1, 0.15) is 0 Å². The molecule has 4 heteroatoms. The minimum atomic E-state index is 0.914. The summed E-state index contributed by atoms with van der Waals surface area (Å²) in [6.07, 6.45) is 0. The minimum Gasteiger partial charge on any atom is -0.258 e. The first-order valence-electron chi connectivity index (χ1n) is 1.66. The van der Waals surface area contributed by atoms with Gasteiger partial charge in [0, 0.05) is 11.0 Å². The van der Waals surface area contributed by atoms with Gasteiger partial charge in [-0.1, -0.05) is 22.6 Å². The Kier molecular flexibility index (Phi) is 6.18. The van der Waals surface area contributed by atoms with Gasteiger partial charge in [-0.05, 0) is 0 Å². The molecule has 0 aliphatic heterocycles. The van der Waals surface area contributed by atoms with Crippen molar-refractivity contribution in [2.45, 2.75) is 0 Å². The van der Waals surface area contributed by atoms with Crippen LogP contribution >= 0.6 is 22.6 Å². The number of hydrogen-bond donors (Lipinski definition) is 3. The van der Waals surface area contributed by atoms with Crippen LogP contribution in [0.2, 0.25) is 0 Å². The molecule has 0 heterocycles. The molecule has 0 atom stereocenters. The number of nitrogens with one attached hydrogen (secondary N) is 2. The fourth-order valence-corrected chi connectivity index (χ4v) is 0.389. The fourth-order valence-electron chi connectivity index (χ4n) is 0.119. The van der Waals surface area contributed by atoms with Gasteiger partial charge in [0.15, 0.2) is 0 Å². The van der Waals surface area contributed by atoms with Crippen molar-refractivity contribution < 1.29 is 0 Å². The summed E-state index contributed by atoms with van der Waals surface area (Å²) in [5.74, 6) is 4.85. The SMILES string of the molecule is NNNCCI. The quantitative estimate of drug-likeness (QED) is 0.188. The second-order valence-electron chi connectivity index (χ2n) is 0.760. The van der Waals surface area contributed by atoms with Crippen molar-refractivity contribution >= 4 is 22.6 Å². The molecular weight excluding hydrogens is 193 g/mol. The van der Waals surface area contributed by atoms with E-state index >= 15 is 0 Å². The summed E-state index contributed by atoms with van der Waals surface area (Å²) < 4.78 is 1.07. The summed E-state index contributed by atoms with van der Waals surface area (Å²) in [6, 6.07) is 0. The third kappa shape index (κ3) is 4.61. The lowest BCUT2D eigenvalue weighted by Gasteiger charge is -1.93. The van der Waals surface area contributed by atoms with E-state index in [0.29, 0.717) is 0 Å². The molecule has 0 aromatic rings. The maximum Gasteiger partial charge on any atom is 0.0203 e. The Morgan fingerprint density at radius 3 is 2.50 bits per heavy atom. The van der Waals surface area contributed by atoms with Gasteiger partial charge in [-0.15, -0.1) is 0 Å². The van der Waals surface area contributed by atoms with E-state index in [4.69, 9.17) is 5.84 Å². The highest BCUT2D eigenvalue weighted by Crippen LogP contribution is 1.72. The molecular formula is C2H8IN3. The van der Waals surface area contributed by atoms with E-state index in [2.05, 4.69) is 33.6 Å². The predicted octanol–water partition coefficient (Wildman–Crippen LogP) is -0.611. The van der Waals surface area contributed by atoms with Gasteiger partial charge in [-0.2, -0.15) is 5.53 Å². The molecule has 4 N–H and O–H groups in total. The van der Waals surface area contributed by atoms with Gasteiger partial charge >= 0.3 is 0 Å². The number of hydrogen-bond acceptors (Lipinski definition) is 3. The van der Waals surface area contributed by atoms with Gasteiger partial charge in [0.05, 0.1) is 0 Å². The lowest BCUT2D eigenvalue weighted by molar-refractivity contribution is 0.581. The highest BCUT2D eigenvalue weighted by atomic mass is 127. The van der Waals surface area contributed by atoms with Crippen LogP contribution in [0.25, 0.3) is 0 Å². The van der Waals surface area contributed by atoms with Crippen LogP contribution in [0.15, 0.2) is 0 Å². The first kappa shape index (κ1) is 6.61. The molecule has 0 rings (SSSR count). The third-order valence-corrected chi connectivity index (χ3v) is 0.861. The van der Waals surface area contributed by atoms with Gasteiger partial charge in [-0.25, -0.2) is 5.43 Å². The van der Waals surface area contributed by atoms with Crippen molar-refractivity contribution in [1.29, 1.82) is 0 Å². The van der Waals surface area contributed by atoms with Gasteiger partial charge in [-0.3, -0.25) is 5.84 Å². The average Bonchev–Trinajstić information content (AvgIpc) is 1.61. The molecule has 0 spiro atoms. The molecule has 0 saturated carbocycles. The van der Waals surface area contributed by atoms with Crippen LogP contribution < -0.4 is 16.8 Å². The van der Waals surface area contributed by atoms with Gasteiger partial charge in [0.1, 0.15) is 0 Å². The second kappa shape index (κ2) is 5.61. The van der Waals surface area contributed by atoms with Crippen molar-refractivity contribution in [3.63, 3.8) is 0 Å². The van der Waals surface area contributed by atoms with Crippen LogP contribution in [0.5, 0.6) is 0 Å². The van der Waals surface area contributed by atoms with E-state index in [1.807, 2.05) is 0 Å². The summed E-state index contributed by atoms with van der Waals surface area (Å²) in [4.78, 5) is 0. The molecule has 0 aromatic carbocycles. The first-order chi connectivity index (χ1) is 2.91. The number of alkyl halides is 1. The molecule has 0 unspecified atom stereocenters. The van der Waals surface area contributed by atoms with Gasteiger partial charge in [0.2, 0.25) is 0 Å². The highest BCUT2D eigenvalue weighted by Gasteiger charge is 1.71. The maximum absolute atomic E-state index is 4.85. The smallest absolute Gasteiger partial charge is 0.0203 e. The zero-order valence-corrected chi connectivity index (χ0v) is 5.53. The van der Waals surface area contributed by atoms with Crippen molar-refractivity contribution in [2.75, 3.05) is 11.0 Å². The van der Waals surface area contributed by atoms with Crippen molar-refractivity contribution in [3.8, 4) is 0 Å². The molecule has 38 valence electrons. The largest absolute Gasteiger partial charge is 0.258 e. The topological polar surface area (TPSA) is 50.1 Å². The standard InChI is InChI=1S/C2H8IN3/c3-1-2-5-6-4/h5-6H,1-2,4H2. The van der Waals surface area contributed by atoms with E-state index in [-0.39, 0.29) is 0 Å². The van der Waals surface area contributed by atoms with E-state index < -0.39 is 0 Å². The van der Waals surface area contributed by atoms with Crippen LogP contribution in [0.4, 0.5) is 0 Å². The Labute approximate surface area is 50.7 Å². The second-order valence-corrected chi connectivity index (χ2v) is 1.84. The Morgan fingerprint density at radius 1 is 1.67 bits per heavy atom. The lowest BCUT2D eigenvalue weighted by Crippen LogP contribution is -2.38. The third-order valence-electron chi connectivity index (χ3n) is 0.322.